The fourth-order valence-electron chi connectivity index (χ4n) is 4.06. The normalized spacial score (nSPS) is 17.0. The molecule has 1 atom stereocenters. The molecule has 2 heterocycles. The molecule has 0 amide bonds. The average Bonchev–Trinajstić information content (AvgIpc) is 3.45. The first-order valence-electron chi connectivity index (χ1n) is 10.4. The number of hydrogen-bond acceptors (Lipinski definition) is 5. The Kier molecular flexibility index (Phi) is 6.37. The van der Waals surface area contributed by atoms with E-state index in [2.05, 4.69) is 4.98 Å². The maximum atomic E-state index is 13.0. The number of sulfonamides is 1. The van der Waals surface area contributed by atoms with E-state index >= 15 is 0 Å². The largest absolute Gasteiger partial charge is 0.456 e. The molecule has 0 aliphatic carbocycles. The number of ether oxygens (including phenoxy) is 1. The number of esters is 1. The van der Waals surface area contributed by atoms with Crippen LogP contribution in [0.15, 0.2) is 53.6 Å². The highest BCUT2D eigenvalue weighted by atomic mass is 35.5. The van der Waals surface area contributed by atoms with Gasteiger partial charge in [-0.25, -0.2) is 8.42 Å². The first-order chi connectivity index (χ1) is 15.3. The number of aromatic amines is 1. The van der Waals surface area contributed by atoms with Gasteiger partial charge in [0.25, 0.3) is 0 Å². The summed E-state index contributed by atoms with van der Waals surface area (Å²) in [5, 5.41) is 1.20. The third kappa shape index (κ3) is 4.18. The fraction of sp³-hybridized carbons (Fsp3) is 0.304. The number of aryl methyl sites for hydroxylation is 1. The zero-order valence-corrected chi connectivity index (χ0v) is 19.1. The van der Waals surface area contributed by atoms with Crippen molar-refractivity contribution in [2.45, 2.75) is 37.1 Å². The number of benzene rings is 2. The van der Waals surface area contributed by atoms with Gasteiger partial charge in [0, 0.05) is 34.2 Å². The second-order valence-electron chi connectivity index (χ2n) is 7.65. The molecule has 1 aliphatic rings. The zero-order valence-electron chi connectivity index (χ0n) is 17.5. The third-order valence-corrected chi connectivity index (χ3v) is 7.90. The fourth-order valence-corrected chi connectivity index (χ4v) is 5.83. The minimum atomic E-state index is -3.88. The Morgan fingerprint density at radius 2 is 1.94 bits per heavy atom. The number of fused-ring (bicyclic) bond motifs is 1. The Morgan fingerprint density at radius 1 is 1.19 bits per heavy atom. The number of halogens is 1. The molecule has 1 fully saturated rings. The van der Waals surface area contributed by atoms with Crippen LogP contribution in [-0.2, 0) is 26.0 Å². The van der Waals surface area contributed by atoms with E-state index in [0.29, 0.717) is 23.4 Å². The van der Waals surface area contributed by atoms with Crippen molar-refractivity contribution in [3.8, 4) is 0 Å². The maximum Gasteiger partial charge on any atom is 0.324 e. The Hall–Kier alpha value is -2.68. The first kappa shape index (κ1) is 22.5. The van der Waals surface area contributed by atoms with Crippen molar-refractivity contribution < 1.29 is 22.7 Å². The molecular formula is C23H23ClN2O5S. The van der Waals surface area contributed by atoms with Gasteiger partial charge in [-0.15, -0.1) is 0 Å². The first-order valence-corrected chi connectivity index (χ1v) is 12.2. The number of ketones is 1. The number of nitrogens with zero attached hydrogens (tertiary/aromatic N) is 1. The lowest BCUT2D eigenvalue weighted by atomic mass is 10.1. The highest BCUT2D eigenvalue weighted by molar-refractivity contribution is 7.89. The molecule has 0 saturated carbocycles. The molecule has 0 radical (unpaired) electrons. The smallest absolute Gasteiger partial charge is 0.324 e. The standard InChI is InChI=1S/C23H23ClN2O5S/c1-2-15-5-3-6-18-19(13-25-22(15)18)21(27)14-31-23(28)20-7-4-12-26(20)32(29,30)17-10-8-16(24)9-11-17/h3,5-6,8-11,13,20,25H,2,4,7,12,14H2,1H3/t20-/m1/s1. The quantitative estimate of drug-likeness (QED) is 0.413. The van der Waals surface area contributed by atoms with E-state index in [4.69, 9.17) is 16.3 Å². The molecule has 1 aliphatic heterocycles. The number of carbonyl (C=O) groups is 2. The Balaban J connectivity index is 1.47. The second-order valence-corrected chi connectivity index (χ2v) is 9.98. The Morgan fingerprint density at radius 3 is 2.66 bits per heavy atom. The van der Waals surface area contributed by atoms with Crippen molar-refractivity contribution >= 4 is 44.3 Å². The summed E-state index contributed by atoms with van der Waals surface area (Å²) in [6, 6.07) is 10.5. The van der Waals surface area contributed by atoms with Crippen LogP contribution in [-0.4, -0.2) is 48.7 Å². The van der Waals surface area contributed by atoms with Gasteiger partial charge in [0.2, 0.25) is 15.8 Å². The summed E-state index contributed by atoms with van der Waals surface area (Å²) in [6.07, 6.45) is 3.31. The predicted molar refractivity (Wildman–Crippen MR) is 121 cm³/mol. The summed E-state index contributed by atoms with van der Waals surface area (Å²) in [7, 11) is -3.88. The van der Waals surface area contributed by atoms with Crippen LogP contribution in [0.25, 0.3) is 10.9 Å². The van der Waals surface area contributed by atoms with E-state index in [-0.39, 0.29) is 17.2 Å². The van der Waals surface area contributed by atoms with E-state index in [0.717, 1.165) is 27.2 Å². The molecule has 9 heteroatoms. The van der Waals surface area contributed by atoms with Gasteiger partial charge in [0.05, 0.1) is 4.90 Å². The lowest BCUT2D eigenvalue weighted by Crippen LogP contribution is -2.41. The molecule has 2 aromatic carbocycles. The topological polar surface area (TPSA) is 96.5 Å². The molecule has 3 aromatic rings. The molecule has 0 spiro atoms. The average molecular weight is 475 g/mol. The molecule has 1 N–H and O–H groups in total. The number of Topliss-reactive ketones (excluding diaryl/α,β-unsaturated/α-hetero) is 1. The molecule has 0 unspecified atom stereocenters. The van der Waals surface area contributed by atoms with Crippen molar-refractivity contribution in [2.24, 2.45) is 0 Å². The van der Waals surface area contributed by atoms with Crippen molar-refractivity contribution in [1.82, 2.24) is 9.29 Å². The van der Waals surface area contributed by atoms with E-state index in [1.54, 1.807) is 6.20 Å². The maximum absolute atomic E-state index is 13.0. The number of para-hydroxylation sites is 1. The van der Waals surface area contributed by atoms with Gasteiger partial charge in [0.15, 0.2) is 6.61 Å². The summed E-state index contributed by atoms with van der Waals surface area (Å²) in [4.78, 5) is 28.6. The van der Waals surface area contributed by atoms with Crippen molar-refractivity contribution in [2.75, 3.05) is 13.2 Å². The molecule has 168 valence electrons. The van der Waals surface area contributed by atoms with E-state index in [9.17, 15) is 18.0 Å². The number of carbonyl (C=O) groups excluding carboxylic acids is 2. The molecule has 1 saturated heterocycles. The lowest BCUT2D eigenvalue weighted by Gasteiger charge is -2.22. The van der Waals surface area contributed by atoms with Gasteiger partial charge < -0.3 is 9.72 Å². The summed E-state index contributed by atoms with van der Waals surface area (Å²) >= 11 is 5.85. The monoisotopic (exact) mass is 474 g/mol. The van der Waals surface area contributed by atoms with Crippen LogP contribution >= 0.6 is 11.6 Å². The number of aromatic nitrogens is 1. The molecule has 7 nitrogen and oxygen atoms in total. The van der Waals surface area contributed by atoms with Gasteiger partial charge in [-0.2, -0.15) is 4.31 Å². The molecule has 32 heavy (non-hydrogen) atoms. The second kappa shape index (κ2) is 9.05. The van der Waals surface area contributed by atoms with E-state index < -0.39 is 28.6 Å². The van der Waals surface area contributed by atoms with Crippen LogP contribution in [0.4, 0.5) is 0 Å². The van der Waals surface area contributed by atoms with Crippen molar-refractivity contribution in [1.29, 1.82) is 0 Å². The zero-order chi connectivity index (χ0) is 22.9. The Labute approximate surface area is 191 Å². The number of nitrogens with one attached hydrogen (secondary N) is 1. The summed E-state index contributed by atoms with van der Waals surface area (Å²) in [5.41, 5.74) is 2.42. The van der Waals surface area contributed by atoms with Crippen molar-refractivity contribution in [3.05, 3.63) is 64.8 Å². The number of hydrogen-bond donors (Lipinski definition) is 1. The number of rotatable bonds is 7. The van der Waals surface area contributed by atoms with Gasteiger partial charge in [-0.1, -0.05) is 36.7 Å². The van der Waals surface area contributed by atoms with Crippen LogP contribution in [0.5, 0.6) is 0 Å². The van der Waals surface area contributed by atoms with E-state index in [1.807, 2.05) is 25.1 Å². The SMILES string of the molecule is CCc1cccc2c(C(=O)COC(=O)[C@H]3CCCN3S(=O)(=O)c3ccc(Cl)cc3)c[nH]c12. The van der Waals surface area contributed by atoms with Gasteiger partial charge in [-0.3, -0.25) is 9.59 Å². The summed E-state index contributed by atoms with van der Waals surface area (Å²) < 4.78 is 32.4. The predicted octanol–water partition coefficient (Wildman–Crippen LogP) is 3.96. The highest BCUT2D eigenvalue weighted by Gasteiger charge is 2.40. The summed E-state index contributed by atoms with van der Waals surface area (Å²) in [6.45, 7) is 1.79. The van der Waals surface area contributed by atoms with Crippen LogP contribution in [0.2, 0.25) is 5.02 Å². The van der Waals surface area contributed by atoms with Gasteiger partial charge >= 0.3 is 5.97 Å². The minimum absolute atomic E-state index is 0.0585. The highest BCUT2D eigenvalue weighted by Crippen LogP contribution is 2.28. The van der Waals surface area contributed by atoms with Gasteiger partial charge in [-0.05, 0) is 49.1 Å². The Bertz CT molecular complexity index is 1270. The van der Waals surface area contributed by atoms with Crippen LogP contribution < -0.4 is 0 Å². The lowest BCUT2D eigenvalue weighted by molar-refractivity contribution is -0.146. The van der Waals surface area contributed by atoms with E-state index in [1.165, 1.54) is 24.3 Å². The molecular weight excluding hydrogens is 452 g/mol. The minimum Gasteiger partial charge on any atom is -0.456 e. The third-order valence-electron chi connectivity index (χ3n) is 5.72. The molecule has 0 bridgehead atoms. The molecule has 1 aromatic heterocycles. The van der Waals surface area contributed by atoms with Crippen LogP contribution in [0, 0.1) is 0 Å². The van der Waals surface area contributed by atoms with Crippen LogP contribution in [0.3, 0.4) is 0 Å². The summed E-state index contributed by atoms with van der Waals surface area (Å²) in [5.74, 6) is -1.06. The van der Waals surface area contributed by atoms with Gasteiger partial charge in [0.1, 0.15) is 6.04 Å². The molecule has 4 rings (SSSR count). The van der Waals surface area contributed by atoms with Crippen molar-refractivity contribution in [3.63, 3.8) is 0 Å². The number of H-pyrrole nitrogens is 1. The van der Waals surface area contributed by atoms with Crippen LogP contribution in [0.1, 0.15) is 35.7 Å².